The van der Waals surface area contributed by atoms with Crippen LogP contribution in [0.1, 0.15) is 24.0 Å². The number of nitrogens with zero attached hydrogens (tertiary/aromatic N) is 2. The molecular formula is C25H26N4O2. The van der Waals surface area contributed by atoms with Crippen molar-refractivity contribution in [2.75, 3.05) is 11.9 Å². The van der Waals surface area contributed by atoms with Gasteiger partial charge in [0.05, 0.1) is 6.54 Å². The first-order chi connectivity index (χ1) is 15.2. The SMILES string of the molecule is NC(=NCc1ccccc1CN1CCCC1=O)Nc1cccc(Oc2ccccc2)c1. The Labute approximate surface area is 182 Å². The molecule has 1 amide bonds. The van der Waals surface area contributed by atoms with E-state index < -0.39 is 0 Å². The molecule has 1 aliphatic heterocycles. The van der Waals surface area contributed by atoms with Gasteiger partial charge in [-0.05, 0) is 41.8 Å². The van der Waals surface area contributed by atoms with E-state index in [2.05, 4.69) is 10.3 Å². The van der Waals surface area contributed by atoms with Crippen LogP contribution in [-0.4, -0.2) is 23.3 Å². The largest absolute Gasteiger partial charge is 0.457 e. The first kappa shape index (κ1) is 20.5. The number of likely N-dealkylation sites (tertiary alicyclic amines) is 1. The average molecular weight is 415 g/mol. The molecule has 4 rings (SSSR count). The van der Waals surface area contributed by atoms with Gasteiger partial charge >= 0.3 is 0 Å². The van der Waals surface area contributed by atoms with Crippen LogP contribution in [0.4, 0.5) is 5.69 Å². The number of para-hydroxylation sites is 1. The van der Waals surface area contributed by atoms with Crippen molar-refractivity contribution in [2.45, 2.75) is 25.9 Å². The van der Waals surface area contributed by atoms with Crippen molar-refractivity contribution in [3.63, 3.8) is 0 Å². The van der Waals surface area contributed by atoms with Crippen LogP contribution in [0.3, 0.4) is 0 Å². The van der Waals surface area contributed by atoms with E-state index in [0.29, 0.717) is 31.2 Å². The third kappa shape index (κ3) is 5.63. The fourth-order valence-corrected chi connectivity index (χ4v) is 3.56. The summed E-state index contributed by atoms with van der Waals surface area (Å²) in [6, 6.07) is 25.2. The van der Waals surface area contributed by atoms with Gasteiger partial charge in [0.1, 0.15) is 11.5 Å². The van der Waals surface area contributed by atoms with Crippen molar-refractivity contribution in [1.29, 1.82) is 0 Å². The highest BCUT2D eigenvalue weighted by Gasteiger charge is 2.20. The van der Waals surface area contributed by atoms with Crippen LogP contribution in [0, 0.1) is 0 Å². The van der Waals surface area contributed by atoms with E-state index in [1.807, 2.05) is 83.8 Å². The molecule has 0 atom stereocenters. The normalized spacial score (nSPS) is 14.0. The molecule has 0 radical (unpaired) electrons. The molecule has 1 saturated heterocycles. The fraction of sp³-hybridized carbons (Fsp3) is 0.200. The summed E-state index contributed by atoms with van der Waals surface area (Å²) < 4.78 is 5.86. The van der Waals surface area contributed by atoms with Gasteiger partial charge in [-0.2, -0.15) is 0 Å². The Morgan fingerprint density at radius 3 is 2.48 bits per heavy atom. The molecule has 3 aromatic carbocycles. The first-order valence-corrected chi connectivity index (χ1v) is 10.4. The van der Waals surface area contributed by atoms with Gasteiger partial charge in [0.15, 0.2) is 5.96 Å². The number of hydrogen-bond acceptors (Lipinski definition) is 3. The Morgan fingerprint density at radius 2 is 1.71 bits per heavy atom. The summed E-state index contributed by atoms with van der Waals surface area (Å²) >= 11 is 0. The number of aliphatic imine (C=N–C) groups is 1. The second kappa shape index (κ2) is 9.80. The highest BCUT2D eigenvalue weighted by Crippen LogP contribution is 2.24. The summed E-state index contributed by atoms with van der Waals surface area (Å²) in [5.41, 5.74) is 9.09. The molecule has 1 aliphatic rings. The summed E-state index contributed by atoms with van der Waals surface area (Å²) in [6.07, 6.45) is 1.58. The highest BCUT2D eigenvalue weighted by atomic mass is 16.5. The first-order valence-electron chi connectivity index (χ1n) is 10.4. The molecule has 0 unspecified atom stereocenters. The van der Waals surface area contributed by atoms with Gasteiger partial charge in [-0.1, -0.05) is 48.5 Å². The number of carbonyl (C=O) groups excluding carboxylic acids is 1. The van der Waals surface area contributed by atoms with Crippen LogP contribution in [-0.2, 0) is 17.9 Å². The van der Waals surface area contributed by atoms with Crippen molar-refractivity contribution < 1.29 is 9.53 Å². The summed E-state index contributed by atoms with van der Waals surface area (Å²) in [5.74, 6) is 2.03. The zero-order valence-corrected chi connectivity index (χ0v) is 17.3. The number of carbonyl (C=O) groups is 1. The predicted octanol–water partition coefficient (Wildman–Crippen LogP) is 4.53. The number of anilines is 1. The number of ether oxygens (including phenoxy) is 1. The second-order valence-electron chi connectivity index (χ2n) is 7.46. The Balaban J connectivity index is 1.39. The summed E-state index contributed by atoms with van der Waals surface area (Å²) in [6.45, 7) is 1.88. The van der Waals surface area contributed by atoms with Gasteiger partial charge < -0.3 is 20.7 Å². The van der Waals surface area contributed by atoms with Gasteiger partial charge in [-0.3, -0.25) is 4.79 Å². The number of nitrogens with two attached hydrogens (primary N) is 1. The van der Waals surface area contributed by atoms with Crippen LogP contribution in [0.25, 0.3) is 0 Å². The lowest BCUT2D eigenvalue weighted by Crippen LogP contribution is -2.25. The van der Waals surface area contributed by atoms with E-state index in [0.717, 1.165) is 35.5 Å². The summed E-state index contributed by atoms with van der Waals surface area (Å²) in [4.78, 5) is 18.4. The molecule has 3 N–H and O–H groups in total. The van der Waals surface area contributed by atoms with Gasteiger partial charge in [0.25, 0.3) is 0 Å². The molecule has 0 aromatic heterocycles. The van der Waals surface area contributed by atoms with Crippen molar-refractivity contribution in [3.8, 4) is 11.5 Å². The lowest BCUT2D eigenvalue weighted by molar-refractivity contribution is -0.128. The number of guanidine groups is 1. The summed E-state index contributed by atoms with van der Waals surface area (Å²) in [7, 11) is 0. The number of rotatable bonds is 7. The van der Waals surface area contributed by atoms with Crippen LogP contribution in [0.5, 0.6) is 11.5 Å². The smallest absolute Gasteiger partial charge is 0.222 e. The zero-order chi connectivity index (χ0) is 21.5. The summed E-state index contributed by atoms with van der Waals surface area (Å²) in [5, 5.41) is 3.12. The molecule has 158 valence electrons. The minimum Gasteiger partial charge on any atom is -0.457 e. The maximum Gasteiger partial charge on any atom is 0.222 e. The van der Waals surface area contributed by atoms with Gasteiger partial charge in [-0.15, -0.1) is 0 Å². The third-order valence-corrected chi connectivity index (χ3v) is 5.16. The topological polar surface area (TPSA) is 80.0 Å². The van der Waals surface area contributed by atoms with E-state index in [-0.39, 0.29) is 5.91 Å². The highest BCUT2D eigenvalue weighted by molar-refractivity contribution is 5.92. The van der Waals surface area contributed by atoms with Crippen molar-refractivity contribution >= 4 is 17.6 Å². The fourth-order valence-electron chi connectivity index (χ4n) is 3.56. The molecule has 6 nitrogen and oxygen atoms in total. The lowest BCUT2D eigenvalue weighted by Gasteiger charge is -2.17. The third-order valence-electron chi connectivity index (χ3n) is 5.16. The lowest BCUT2D eigenvalue weighted by atomic mass is 10.1. The number of nitrogens with one attached hydrogen (secondary N) is 1. The molecule has 0 aliphatic carbocycles. The maximum atomic E-state index is 12.0. The second-order valence-corrected chi connectivity index (χ2v) is 7.46. The van der Waals surface area contributed by atoms with E-state index in [1.165, 1.54) is 0 Å². The van der Waals surface area contributed by atoms with Crippen molar-refractivity contribution in [3.05, 3.63) is 90.0 Å². The minimum atomic E-state index is 0.220. The molecule has 0 spiro atoms. The zero-order valence-electron chi connectivity index (χ0n) is 17.3. The quantitative estimate of drug-likeness (QED) is 0.440. The Kier molecular flexibility index (Phi) is 6.47. The Hall–Kier alpha value is -3.80. The number of amides is 1. The minimum absolute atomic E-state index is 0.220. The predicted molar refractivity (Wildman–Crippen MR) is 123 cm³/mol. The Bertz CT molecular complexity index is 1070. The molecule has 1 fully saturated rings. The standard InChI is InChI=1S/C25H26N4O2/c26-25(28-21-10-6-13-23(16-21)31-22-11-2-1-3-12-22)27-17-19-8-4-5-9-20(19)18-29-15-7-14-24(29)30/h1-6,8-13,16H,7,14-15,17-18H2,(H3,26,27,28). The average Bonchev–Trinajstić information content (AvgIpc) is 3.18. The Morgan fingerprint density at radius 1 is 0.968 bits per heavy atom. The maximum absolute atomic E-state index is 12.0. The molecule has 0 bridgehead atoms. The molecule has 31 heavy (non-hydrogen) atoms. The molecular weight excluding hydrogens is 388 g/mol. The van der Waals surface area contributed by atoms with Crippen LogP contribution in [0.2, 0.25) is 0 Å². The van der Waals surface area contributed by atoms with Crippen LogP contribution < -0.4 is 15.8 Å². The van der Waals surface area contributed by atoms with Crippen LogP contribution >= 0.6 is 0 Å². The van der Waals surface area contributed by atoms with E-state index in [1.54, 1.807) is 0 Å². The van der Waals surface area contributed by atoms with Crippen molar-refractivity contribution in [2.24, 2.45) is 10.7 Å². The van der Waals surface area contributed by atoms with E-state index in [4.69, 9.17) is 10.5 Å². The van der Waals surface area contributed by atoms with Gasteiger partial charge in [0, 0.05) is 31.3 Å². The van der Waals surface area contributed by atoms with Crippen LogP contribution in [0.15, 0.2) is 83.9 Å². The van der Waals surface area contributed by atoms with E-state index >= 15 is 0 Å². The van der Waals surface area contributed by atoms with E-state index in [9.17, 15) is 4.79 Å². The molecule has 1 heterocycles. The monoisotopic (exact) mass is 414 g/mol. The van der Waals surface area contributed by atoms with Gasteiger partial charge in [-0.25, -0.2) is 4.99 Å². The molecule has 3 aromatic rings. The molecule has 0 saturated carbocycles. The van der Waals surface area contributed by atoms with Crippen molar-refractivity contribution in [1.82, 2.24) is 4.90 Å². The number of hydrogen-bond donors (Lipinski definition) is 2. The molecule has 6 heteroatoms. The van der Waals surface area contributed by atoms with Gasteiger partial charge in [0.2, 0.25) is 5.91 Å². The number of benzene rings is 3.